The molecule has 0 unspecified atom stereocenters. The predicted molar refractivity (Wildman–Crippen MR) is 74.5 cm³/mol. The first-order valence-electron chi connectivity index (χ1n) is 4.89. The number of aromatic carboxylic acids is 1. The Morgan fingerprint density at radius 2 is 2.17 bits per heavy atom. The van der Waals surface area contributed by atoms with Gasteiger partial charge in [-0.15, -0.1) is 0 Å². The molecule has 3 nitrogen and oxygen atoms in total. The van der Waals surface area contributed by atoms with E-state index in [-0.39, 0.29) is 5.56 Å². The highest BCUT2D eigenvalue weighted by Gasteiger charge is 2.10. The van der Waals surface area contributed by atoms with Crippen molar-refractivity contribution in [2.24, 2.45) is 0 Å². The van der Waals surface area contributed by atoms with Crippen molar-refractivity contribution >= 4 is 45.3 Å². The van der Waals surface area contributed by atoms with Crippen LogP contribution in [0.3, 0.4) is 0 Å². The molecule has 0 amide bonds. The molecule has 0 saturated carbocycles. The molecule has 0 fully saturated rings. The Bertz CT molecular complexity index is 606. The van der Waals surface area contributed by atoms with Gasteiger partial charge in [0.25, 0.3) is 0 Å². The van der Waals surface area contributed by atoms with Crippen LogP contribution in [0.4, 0.5) is 0 Å². The molecule has 1 heterocycles. The van der Waals surface area contributed by atoms with Gasteiger partial charge in [-0.1, -0.05) is 23.4 Å². The highest BCUT2D eigenvalue weighted by Crippen LogP contribution is 2.35. The van der Waals surface area contributed by atoms with E-state index in [9.17, 15) is 4.79 Å². The summed E-state index contributed by atoms with van der Waals surface area (Å²) in [5.74, 6) is -0.993. The van der Waals surface area contributed by atoms with Crippen LogP contribution in [-0.4, -0.2) is 16.1 Å². The summed E-state index contributed by atoms with van der Waals surface area (Å²) in [7, 11) is 0. The zero-order valence-electron chi connectivity index (χ0n) is 8.93. The van der Waals surface area contributed by atoms with Crippen LogP contribution in [0.1, 0.15) is 10.4 Å². The number of aromatic nitrogens is 1. The van der Waals surface area contributed by atoms with Gasteiger partial charge in [0.1, 0.15) is 5.03 Å². The summed E-state index contributed by atoms with van der Waals surface area (Å²) in [6.45, 7) is 0. The minimum atomic E-state index is -0.993. The van der Waals surface area contributed by atoms with E-state index in [0.717, 1.165) is 14.4 Å². The minimum Gasteiger partial charge on any atom is -0.478 e. The Hall–Kier alpha value is -1.04. The summed E-state index contributed by atoms with van der Waals surface area (Å²) in [6, 6.07) is 8.34. The number of halogens is 2. The summed E-state index contributed by atoms with van der Waals surface area (Å²) >= 11 is 10.8. The van der Waals surface area contributed by atoms with Crippen molar-refractivity contribution in [1.82, 2.24) is 4.98 Å². The number of hydrogen-bond donors (Lipinski definition) is 1. The lowest BCUT2D eigenvalue weighted by atomic mass is 10.2. The molecule has 0 aliphatic rings. The Labute approximate surface area is 121 Å². The summed E-state index contributed by atoms with van der Waals surface area (Å²) in [5.41, 5.74) is 0.171. The van der Waals surface area contributed by atoms with Crippen LogP contribution >= 0.6 is 39.3 Å². The largest absolute Gasteiger partial charge is 0.478 e. The summed E-state index contributed by atoms with van der Waals surface area (Å²) in [4.78, 5) is 15.8. The van der Waals surface area contributed by atoms with E-state index >= 15 is 0 Å². The highest BCUT2D eigenvalue weighted by atomic mass is 79.9. The van der Waals surface area contributed by atoms with Crippen LogP contribution < -0.4 is 0 Å². The van der Waals surface area contributed by atoms with Crippen LogP contribution in [0.2, 0.25) is 5.02 Å². The first kappa shape index (κ1) is 13.4. The van der Waals surface area contributed by atoms with Gasteiger partial charge in [-0.05, 0) is 46.3 Å². The third kappa shape index (κ3) is 3.04. The first-order chi connectivity index (χ1) is 8.58. The van der Waals surface area contributed by atoms with Crippen LogP contribution in [0, 0.1) is 0 Å². The molecular weight excluding hydrogens is 338 g/mol. The summed E-state index contributed by atoms with van der Waals surface area (Å²) < 4.78 is 0.869. The number of benzene rings is 1. The van der Waals surface area contributed by atoms with Crippen molar-refractivity contribution in [3.63, 3.8) is 0 Å². The van der Waals surface area contributed by atoms with Crippen molar-refractivity contribution in [2.45, 2.75) is 9.92 Å². The number of carboxylic acid groups (broad SMARTS) is 1. The van der Waals surface area contributed by atoms with E-state index in [1.54, 1.807) is 12.3 Å². The van der Waals surface area contributed by atoms with Crippen LogP contribution in [-0.2, 0) is 0 Å². The Kier molecular flexibility index (Phi) is 4.27. The second-order valence-electron chi connectivity index (χ2n) is 3.34. The van der Waals surface area contributed by atoms with Gasteiger partial charge in [-0.3, -0.25) is 0 Å². The minimum absolute atomic E-state index is 0.171. The second-order valence-corrected chi connectivity index (χ2v) is 5.63. The summed E-state index contributed by atoms with van der Waals surface area (Å²) in [6.07, 6.45) is 1.69. The van der Waals surface area contributed by atoms with Gasteiger partial charge in [0.05, 0.1) is 15.1 Å². The molecule has 0 radical (unpaired) electrons. The monoisotopic (exact) mass is 343 g/mol. The average Bonchev–Trinajstić information content (AvgIpc) is 2.34. The van der Waals surface area contributed by atoms with E-state index in [0.29, 0.717) is 5.02 Å². The number of pyridine rings is 1. The zero-order chi connectivity index (χ0) is 13.1. The molecule has 1 aromatic carbocycles. The fourth-order valence-corrected chi connectivity index (χ4v) is 2.84. The topological polar surface area (TPSA) is 50.2 Å². The molecule has 0 saturated heterocycles. The molecular formula is C12H7BrClNO2S. The molecule has 0 spiro atoms. The van der Waals surface area contributed by atoms with Gasteiger partial charge in [-0.2, -0.15) is 0 Å². The smallest absolute Gasteiger partial charge is 0.335 e. The molecule has 6 heteroatoms. The number of hydrogen-bond acceptors (Lipinski definition) is 3. The third-order valence-corrected chi connectivity index (χ3v) is 4.53. The van der Waals surface area contributed by atoms with Gasteiger partial charge in [-0.25, -0.2) is 9.78 Å². The Balaban J connectivity index is 2.30. The maximum Gasteiger partial charge on any atom is 0.335 e. The number of carbonyl (C=O) groups is 1. The predicted octanol–water partition coefficient (Wildman–Crippen LogP) is 4.35. The van der Waals surface area contributed by atoms with Gasteiger partial charge in [0, 0.05) is 11.1 Å². The third-order valence-electron chi connectivity index (χ3n) is 2.11. The lowest BCUT2D eigenvalue weighted by molar-refractivity contribution is 0.0697. The lowest BCUT2D eigenvalue weighted by Crippen LogP contribution is -1.95. The second kappa shape index (κ2) is 5.73. The standard InChI is InChI=1S/C12H7BrClNO2S/c13-8-2-1-5-15-11(8)18-10-4-3-7(12(16)17)6-9(10)14/h1-6H,(H,16,17). The molecule has 92 valence electrons. The molecule has 2 aromatic rings. The number of nitrogens with zero attached hydrogens (tertiary/aromatic N) is 1. The molecule has 1 aromatic heterocycles. The first-order valence-corrected chi connectivity index (χ1v) is 6.88. The van der Waals surface area contributed by atoms with Crippen LogP contribution in [0.15, 0.2) is 50.9 Å². The SMILES string of the molecule is O=C(O)c1ccc(Sc2ncccc2Br)c(Cl)c1. The molecule has 2 rings (SSSR count). The van der Waals surface area contributed by atoms with Crippen LogP contribution in [0.5, 0.6) is 0 Å². The van der Waals surface area contributed by atoms with Gasteiger partial charge >= 0.3 is 5.97 Å². The van der Waals surface area contributed by atoms with Gasteiger partial charge in [0.15, 0.2) is 0 Å². The van der Waals surface area contributed by atoms with Crippen molar-refractivity contribution in [3.8, 4) is 0 Å². The normalized spacial score (nSPS) is 10.3. The fraction of sp³-hybridized carbons (Fsp3) is 0. The lowest BCUT2D eigenvalue weighted by Gasteiger charge is -2.05. The van der Waals surface area contributed by atoms with Gasteiger partial charge < -0.3 is 5.11 Å². The molecule has 0 aliphatic heterocycles. The van der Waals surface area contributed by atoms with Crippen LogP contribution in [0.25, 0.3) is 0 Å². The van der Waals surface area contributed by atoms with Gasteiger partial charge in [0.2, 0.25) is 0 Å². The highest BCUT2D eigenvalue weighted by molar-refractivity contribution is 9.10. The van der Waals surface area contributed by atoms with E-state index in [2.05, 4.69) is 20.9 Å². The van der Waals surface area contributed by atoms with Crippen molar-refractivity contribution in [1.29, 1.82) is 0 Å². The van der Waals surface area contributed by atoms with E-state index in [4.69, 9.17) is 16.7 Å². The zero-order valence-corrected chi connectivity index (χ0v) is 12.1. The van der Waals surface area contributed by atoms with Crippen molar-refractivity contribution in [3.05, 3.63) is 51.6 Å². The van der Waals surface area contributed by atoms with E-state index < -0.39 is 5.97 Å². The number of carboxylic acids is 1. The average molecular weight is 345 g/mol. The Morgan fingerprint density at radius 3 is 2.78 bits per heavy atom. The van der Waals surface area contributed by atoms with E-state index in [1.807, 2.05) is 12.1 Å². The Morgan fingerprint density at radius 1 is 1.39 bits per heavy atom. The number of rotatable bonds is 3. The molecule has 18 heavy (non-hydrogen) atoms. The maximum absolute atomic E-state index is 10.8. The molecule has 0 aliphatic carbocycles. The summed E-state index contributed by atoms with van der Waals surface area (Å²) in [5, 5.41) is 10.0. The molecule has 0 bridgehead atoms. The van der Waals surface area contributed by atoms with Crippen molar-refractivity contribution in [2.75, 3.05) is 0 Å². The maximum atomic E-state index is 10.8. The molecule has 1 N–H and O–H groups in total. The molecule has 0 atom stereocenters. The van der Waals surface area contributed by atoms with E-state index in [1.165, 1.54) is 23.9 Å². The quantitative estimate of drug-likeness (QED) is 0.899. The van der Waals surface area contributed by atoms with Crippen molar-refractivity contribution < 1.29 is 9.90 Å². The fourth-order valence-electron chi connectivity index (χ4n) is 1.27.